The fourth-order valence-corrected chi connectivity index (χ4v) is 2.13. The second-order valence-corrected chi connectivity index (χ2v) is 4.89. The molecular formula is C16H17N3O. The van der Waals surface area contributed by atoms with Crippen LogP contribution in [0, 0.1) is 0 Å². The van der Waals surface area contributed by atoms with Crippen LogP contribution in [0.1, 0.15) is 19.0 Å². The Bertz CT molecular complexity index is 687. The standard InChI is InChI=1S/C16H17N3O/c1-2-12(17)10-13-7-8-18-16(19-13)15-9-11-5-3-4-6-14(11)20-15/h3-9,12H,2,10,17H2,1H3. The maximum absolute atomic E-state index is 5.97. The van der Waals surface area contributed by atoms with Crippen LogP contribution in [0.15, 0.2) is 47.0 Å². The van der Waals surface area contributed by atoms with Gasteiger partial charge in [-0.25, -0.2) is 9.97 Å². The second kappa shape index (κ2) is 5.43. The van der Waals surface area contributed by atoms with Gasteiger partial charge in [0.2, 0.25) is 0 Å². The lowest BCUT2D eigenvalue weighted by Gasteiger charge is -2.07. The molecule has 0 aliphatic heterocycles. The number of benzene rings is 1. The molecule has 0 radical (unpaired) electrons. The van der Waals surface area contributed by atoms with Gasteiger partial charge in [0.1, 0.15) is 5.58 Å². The summed E-state index contributed by atoms with van der Waals surface area (Å²) in [4.78, 5) is 8.83. The molecule has 0 saturated heterocycles. The van der Waals surface area contributed by atoms with E-state index in [1.54, 1.807) is 6.20 Å². The van der Waals surface area contributed by atoms with E-state index < -0.39 is 0 Å². The predicted octanol–water partition coefficient (Wildman–Crippen LogP) is 3.17. The first-order valence-corrected chi connectivity index (χ1v) is 6.82. The van der Waals surface area contributed by atoms with Crippen LogP contribution in [0.2, 0.25) is 0 Å². The molecule has 0 fully saturated rings. The zero-order valence-corrected chi connectivity index (χ0v) is 11.4. The van der Waals surface area contributed by atoms with Gasteiger partial charge in [-0.2, -0.15) is 0 Å². The Kier molecular flexibility index (Phi) is 3.48. The van der Waals surface area contributed by atoms with Gasteiger partial charge in [0.25, 0.3) is 0 Å². The lowest BCUT2D eigenvalue weighted by atomic mass is 10.1. The monoisotopic (exact) mass is 267 g/mol. The number of aromatic nitrogens is 2. The highest BCUT2D eigenvalue weighted by Crippen LogP contribution is 2.25. The lowest BCUT2D eigenvalue weighted by molar-refractivity contribution is 0.617. The highest BCUT2D eigenvalue weighted by molar-refractivity contribution is 5.81. The van der Waals surface area contributed by atoms with Crippen LogP contribution in [-0.2, 0) is 6.42 Å². The normalized spacial score (nSPS) is 12.7. The Morgan fingerprint density at radius 1 is 1.25 bits per heavy atom. The van der Waals surface area contributed by atoms with E-state index in [9.17, 15) is 0 Å². The molecule has 2 aromatic heterocycles. The van der Waals surface area contributed by atoms with Crippen LogP contribution in [0.5, 0.6) is 0 Å². The minimum absolute atomic E-state index is 0.133. The molecule has 1 atom stereocenters. The van der Waals surface area contributed by atoms with Crippen LogP contribution < -0.4 is 5.73 Å². The minimum atomic E-state index is 0.133. The topological polar surface area (TPSA) is 64.9 Å². The van der Waals surface area contributed by atoms with Gasteiger partial charge in [0.15, 0.2) is 11.6 Å². The summed E-state index contributed by atoms with van der Waals surface area (Å²) in [6.07, 6.45) is 3.45. The summed E-state index contributed by atoms with van der Waals surface area (Å²) in [7, 11) is 0. The molecule has 4 nitrogen and oxygen atoms in total. The van der Waals surface area contributed by atoms with Gasteiger partial charge in [-0.3, -0.25) is 0 Å². The summed E-state index contributed by atoms with van der Waals surface area (Å²) in [5.41, 5.74) is 7.77. The molecular weight excluding hydrogens is 250 g/mol. The summed E-state index contributed by atoms with van der Waals surface area (Å²) in [5, 5.41) is 1.06. The summed E-state index contributed by atoms with van der Waals surface area (Å²) < 4.78 is 5.78. The van der Waals surface area contributed by atoms with Crippen molar-refractivity contribution in [2.24, 2.45) is 5.73 Å². The van der Waals surface area contributed by atoms with Crippen LogP contribution in [-0.4, -0.2) is 16.0 Å². The Morgan fingerprint density at radius 3 is 2.90 bits per heavy atom. The Labute approximate surface area is 117 Å². The number of hydrogen-bond acceptors (Lipinski definition) is 4. The van der Waals surface area contributed by atoms with Crippen molar-refractivity contribution < 1.29 is 4.42 Å². The van der Waals surface area contributed by atoms with Gasteiger partial charge in [-0.05, 0) is 24.6 Å². The largest absolute Gasteiger partial charge is 0.453 e. The van der Waals surface area contributed by atoms with Crippen molar-refractivity contribution in [1.82, 2.24) is 9.97 Å². The zero-order valence-electron chi connectivity index (χ0n) is 11.4. The highest BCUT2D eigenvalue weighted by atomic mass is 16.3. The number of hydrogen-bond donors (Lipinski definition) is 1. The average molecular weight is 267 g/mol. The molecule has 2 heterocycles. The van der Waals surface area contributed by atoms with Crippen LogP contribution in [0.3, 0.4) is 0 Å². The highest BCUT2D eigenvalue weighted by Gasteiger charge is 2.10. The minimum Gasteiger partial charge on any atom is -0.453 e. The average Bonchev–Trinajstić information content (AvgIpc) is 2.91. The fraction of sp³-hybridized carbons (Fsp3) is 0.250. The Balaban J connectivity index is 1.95. The van der Waals surface area contributed by atoms with Crippen LogP contribution in [0.4, 0.5) is 0 Å². The van der Waals surface area contributed by atoms with E-state index in [0.717, 1.165) is 29.5 Å². The maximum Gasteiger partial charge on any atom is 0.195 e. The fourth-order valence-electron chi connectivity index (χ4n) is 2.13. The quantitative estimate of drug-likeness (QED) is 0.788. The molecule has 2 N–H and O–H groups in total. The lowest BCUT2D eigenvalue weighted by Crippen LogP contribution is -2.22. The Morgan fingerprint density at radius 2 is 2.10 bits per heavy atom. The van der Waals surface area contributed by atoms with E-state index in [0.29, 0.717) is 11.6 Å². The van der Waals surface area contributed by atoms with E-state index in [2.05, 4.69) is 16.9 Å². The van der Waals surface area contributed by atoms with E-state index >= 15 is 0 Å². The van der Waals surface area contributed by atoms with E-state index in [-0.39, 0.29) is 6.04 Å². The number of para-hydroxylation sites is 1. The molecule has 3 aromatic rings. The summed E-state index contributed by atoms with van der Waals surface area (Å²) in [5.74, 6) is 1.31. The third-order valence-electron chi connectivity index (χ3n) is 3.35. The number of rotatable bonds is 4. The molecule has 0 bridgehead atoms. The van der Waals surface area contributed by atoms with Gasteiger partial charge >= 0.3 is 0 Å². The van der Waals surface area contributed by atoms with E-state index in [4.69, 9.17) is 10.2 Å². The Hall–Kier alpha value is -2.20. The van der Waals surface area contributed by atoms with Gasteiger partial charge in [0, 0.05) is 29.7 Å². The first kappa shape index (κ1) is 12.8. The summed E-state index contributed by atoms with van der Waals surface area (Å²) in [6.45, 7) is 2.08. The molecule has 0 aliphatic carbocycles. The molecule has 3 rings (SSSR count). The van der Waals surface area contributed by atoms with Gasteiger partial charge in [-0.15, -0.1) is 0 Å². The predicted molar refractivity (Wildman–Crippen MR) is 79.2 cm³/mol. The third kappa shape index (κ3) is 2.56. The van der Waals surface area contributed by atoms with Crippen LogP contribution in [0.25, 0.3) is 22.6 Å². The number of nitrogens with two attached hydrogens (primary N) is 1. The molecule has 0 saturated carbocycles. The van der Waals surface area contributed by atoms with Crippen molar-refractivity contribution in [3.8, 4) is 11.6 Å². The number of nitrogens with zero attached hydrogens (tertiary/aromatic N) is 2. The molecule has 1 unspecified atom stereocenters. The first-order chi connectivity index (χ1) is 9.76. The summed E-state index contributed by atoms with van der Waals surface area (Å²) in [6, 6.07) is 11.9. The number of furan rings is 1. The van der Waals surface area contributed by atoms with Crippen LogP contribution >= 0.6 is 0 Å². The van der Waals surface area contributed by atoms with Crippen molar-refractivity contribution in [3.63, 3.8) is 0 Å². The molecule has 20 heavy (non-hydrogen) atoms. The van der Waals surface area contributed by atoms with Crippen molar-refractivity contribution in [1.29, 1.82) is 0 Å². The van der Waals surface area contributed by atoms with Gasteiger partial charge in [-0.1, -0.05) is 25.1 Å². The summed E-state index contributed by atoms with van der Waals surface area (Å²) >= 11 is 0. The van der Waals surface area contributed by atoms with Crippen molar-refractivity contribution in [3.05, 3.63) is 48.3 Å². The van der Waals surface area contributed by atoms with Gasteiger partial charge < -0.3 is 10.2 Å². The molecule has 0 spiro atoms. The molecule has 0 amide bonds. The molecule has 102 valence electrons. The molecule has 0 aliphatic rings. The van der Waals surface area contributed by atoms with Crippen molar-refractivity contribution >= 4 is 11.0 Å². The smallest absolute Gasteiger partial charge is 0.195 e. The van der Waals surface area contributed by atoms with Crippen molar-refractivity contribution in [2.45, 2.75) is 25.8 Å². The maximum atomic E-state index is 5.97. The molecule has 4 heteroatoms. The number of fused-ring (bicyclic) bond motifs is 1. The SMILES string of the molecule is CCC(N)Cc1ccnc(-c2cc3ccccc3o2)n1. The zero-order chi connectivity index (χ0) is 13.9. The van der Waals surface area contributed by atoms with Crippen molar-refractivity contribution in [2.75, 3.05) is 0 Å². The first-order valence-electron chi connectivity index (χ1n) is 6.82. The van der Waals surface area contributed by atoms with E-state index in [1.807, 2.05) is 36.4 Å². The third-order valence-corrected chi connectivity index (χ3v) is 3.35. The van der Waals surface area contributed by atoms with E-state index in [1.165, 1.54) is 0 Å². The van der Waals surface area contributed by atoms with Gasteiger partial charge in [0.05, 0.1) is 0 Å². The molecule has 1 aromatic carbocycles. The second-order valence-electron chi connectivity index (χ2n) is 4.89.